The van der Waals surface area contributed by atoms with E-state index >= 15 is 0 Å². The quantitative estimate of drug-likeness (QED) is 0.378. The maximum Gasteiger partial charge on any atom is 0.355 e. The van der Waals surface area contributed by atoms with E-state index in [4.69, 9.17) is 4.74 Å². The second kappa shape index (κ2) is 6.47. The molecule has 0 saturated heterocycles. The van der Waals surface area contributed by atoms with Gasteiger partial charge in [-0.15, -0.1) is 0 Å². The molecule has 3 rings (SSSR count). The van der Waals surface area contributed by atoms with Crippen molar-refractivity contribution in [3.8, 4) is 0 Å². The van der Waals surface area contributed by atoms with Gasteiger partial charge in [-0.1, -0.05) is 0 Å². The van der Waals surface area contributed by atoms with Crippen LogP contribution in [0.2, 0.25) is 0 Å². The number of nitro benzene ring substituents is 1. The number of anilines is 1. The van der Waals surface area contributed by atoms with Crippen LogP contribution in [0.1, 0.15) is 39.8 Å². The van der Waals surface area contributed by atoms with Gasteiger partial charge in [-0.05, 0) is 44.0 Å². The SMILES string of the molecule is CCOC(=O)c1[nH]c(C)c(/C=C2/C(=O)Nc3ccc([N+](=O)[O-])cc32)c1C. The van der Waals surface area contributed by atoms with Crippen molar-refractivity contribution in [2.45, 2.75) is 20.8 Å². The van der Waals surface area contributed by atoms with Crippen LogP contribution in [0.25, 0.3) is 11.6 Å². The number of carbonyl (C=O) groups is 2. The van der Waals surface area contributed by atoms with E-state index in [1.807, 2.05) is 0 Å². The number of nitrogens with zero attached hydrogens (tertiary/aromatic N) is 1. The summed E-state index contributed by atoms with van der Waals surface area (Å²) < 4.78 is 5.02. The molecule has 1 aromatic heterocycles. The molecular formula is C18H17N3O5. The largest absolute Gasteiger partial charge is 0.461 e. The van der Waals surface area contributed by atoms with Gasteiger partial charge in [0.25, 0.3) is 11.6 Å². The molecule has 2 N–H and O–H groups in total. The molecule has 0 atom stereocenters. The van der Waals surface area contributed by atoms with E-state index in [1.54, 1.807) is 26.8 Å². The number of carbonyl (C=O) groups excluding carboxylic acids is 2. The van der Waals surface area contributed by atoms with Crippen molar-refractivity contribution >= 4 is 34.9 Å². The highest BCUT2D eigenvalue weighted by Gasteiger charge is 2.27. The van der Waals surface area contributed by atoms with Gasteiger partial charge in [0, 0.05) is 34.7 Å². The summed E-state index contributed by atoms with van der Waals surface area (Å²) in [6, 6.07) is 4.21. The maximum absolute atomic E-state index is 12.3. The van der Waals surface area contributed by atoms with Crippen molar-refractivity contribution < 1.29 is 19.2 Å². The molecule has 1 aliphatic rings. The standard InChI is InChI=1S/C18H17N3O5/c1-4-26-18(23)16-9(2)12(10(3)19-16)8-14-13-7-11(21(24)25)5-6-15(13)20-17(14)22/h5-8,19H,4H2,1-3H3,(H,20,22)/b14-8+. The van der Waals surface area contributed by atoms with Gasteiger partial charge in [-0.2, -0.15) is 0 Å². The maximum atomic E-state index is 12.3. The van der Waals surface area contributed by atoms with E-state index in [-0.39, 0.29) is 18.2 Å². The second-order valence-corrected chi connectivity index (χ2v) is 5.88. The van der Waals surface area contributed by atoms with Crippen LogP contribution in [0.15, 0.2) is 18.2 Å². The van der Waals surface area contributed by atoms with E-state index in [0.717, 1.165) is 0 Å². The summed E-state index contributed by atoms with van der Waals surface area (Å²) in [5.41, 5.74) is 3.55. The highest BCUT2D eigenvalue weighted by molar-refractivity contribution is 6.35. The summed E-state index contributed by atoms with van der Waals surface area (Å²) in [7, 11) is 0. The topological polar surface area (TPSA) is 114 Å². The van der Waals surface area contributed by atoms with Gasteiger partial charge < -0.3 is 15.0 Å². The summed E-state index contributed by atoms with van der Waals surface area (Å²) in [4.78, 5) is 37.8. The molecule has 0 fully saturated rings. The minimum Gasteiger partial charge on any atom is -0.461 e. The van der Waals surface area contributed by atoms with Crippen LogP contribution in [0.3, 0.4) is 0 Å². The number of aromatic amines is 1. The Labute approximate surface area is 149 Å². The lowest BCUT2D eigenvalue weighted by Gasteiger charge is -2.01. The number of amides is 1. The predicted octanol–water partition coefficient (Wildman–Crippen LogP) is 3.21. The Bertz CT molecular complexity index is 971. The van der Waals surface area contributed by atoms with E-state index in [9.17, 15) is 19.7 Å². The number of nitro groups is 1. The van der Waals surface area contributed by atoms with Gasteiger partial charge in [0.05, 0.1) is 11.5 Å². The Kier molecular flexibility index (Phi) is 4.33. The molecular weight excluding hydrogens is 338 g/mol. The number of nitrogens with one attached hydrogen (secondary N) is 2. The summed E-state index contributed by atoms with van der Waals surface area (Å²) in [5.74, 6) is -0.817. The van der Waals surface area contributed by atoms with Crippen molar-refractivity contribution in [2.75, 3.05) is 11.9 Å². The highest BCUT2D eigenvalue weighted by Crippen LogP contribution is 2.36. The predicted molar refractivity (Wildman–Crippen MR) is 95.8 cm³/mol. The number of ether oxygens (including phenoxy) is 1. The van der Waals surface area contributed by atoms with Crippen LogP contribution in [0.4, 0.5) is 11.4 Å². The molecule has 8 nitrogen and oxygen atoms in total. The van der Waals surface area contributed by atoms with Crippen molar-refractivity contribution in [1.29, 1.82) is 0 Å². The number of benzene rings is 1. The van der Waals surface area contributed by atoms with Gasteiger partial charge in [0.2, 0.25) is 0 Å². The van der Waals surface area contributed by atoms with Crippen LogP contribution < -0.4 is 5.32 Å². The van der Waals surface area contributed by atoms with Gasteiger partial charge in [-0.25, -0.2) is 4.79 Å². The molecule has 1 amide bonds. The Balaban J connectivity index is 2.10. The summed E-state index contributed by atoms with van der Waals surface area (Å²) in [5, 5.41) is 13.7. The first kappa shape index (κ1) is 17.4. The lowest BCUT2D eigenvalue weighted by Crippen LogP contribution is -2.06. The number of fused-ring (bicyclic) bond motifs is 1. The van der Waals surface area contributed by atoms with Gasteiger partial charge in [-0.3, -0.25) is 14.9 Å². The van der Waals surface area contributed by atoms with Crippen molar-refractivity contribution in [3.05, 3.63) is 56.4 Å². The average Bonchev–Trinajstić information content (AvgIpc) is 3.05. The van der Waals surface area contributed by atoms with Crippen LogP contribution in [0, 0.1) is 24.0 Å². The van der Waals surface area contributed by atoms with Crippen molar-refractivity contribution in [2.24, 2.45) is 0 Å². The first-order valence-corrected chi connectivity index (χ1v) is 8.01. The van der Waals surface area contributed by atoms with Crippen LogP contribution in [-0.4, -0.2) is 28.4 Å². The molecule has 0 bridgehead atoms. The van der Waals surface area contributed by atoms with E-state index < -0.39 is 10.9 Å². The summed E-state index contributed by atoms with van der Waals surface area (Å²) in [6.45, 7) is 5.51. The highest BCUT2D eigenvalue weighted by atomic mass is 16.6. The molecule has 26 heavy (non-hydrogen) atoms. The monoisotopic (exact) mass is 355 g/mol. The third-order valence-corrected chi connectivity index (χ3v) is 4.26. The van der Waals surface area contributed by atoms with Crippen molar-refractivity contribution in [1.82, 2.24) is 4.98 Å². The number of non-ortho nitro benzene ring substituents is 1. The third kappa shape index (κ3) is 2.85. The number of H-pyrrole nitrogens is 1. The fourth-order valence-electron chi connectivity index (χ4n) is 2.97. The molecule has 0 saturated carbocycles. The zero-order chi connectivity index (χ0) is 19.0. The molecule has 1 aliphatic heterocycles. The Morgan fingerprint density at radius 1 is 1.35 bits per heavy atom. The Morgan fingerprint density at radius 2 is 2.08 bits per heavy atom. The zero-order valence-corrected chi connectivity index (χ0v) is 14.5. The fourth-order valence-corrected chi connectivity index (χ4v) is 2.97. The smallest absolute Gasteiger partial charge is 0.355 e. The van der Waals surface area contributed by atoms with Crippen LogP contribution >= 0.6 is 0 Å². The number of rotatable bonds is 4. The first-order chi connectivity index (χ1) is 12.3. The summed E-state index contributed by atoms with van der Waals surface area (Å²) in [6.07, 6.45) is 1.63. The number of hydrogen-bond donors (Lipinski definition) is 2. The molecule has 1 aromatic carbocycles. The first-order valence-electron chi connectivity index (χ1n) is 8.01. The number of hydrogen-bond acceptors (Lipinski definition) is 5. The lowest BCUT2D eigenvalue weighted by atomic mass is 10.0. The fraction of sp³-hybridized carbons (Fsp3) is 0.222. The van der Waals surface area contributed by atoms with E-state index in [2.05, 4.69) is 10.3 Å². The minimum absolute atomic E-state index is 0.0964. The minimum atomic E-state index is -0.508. The third-order valence-electron chi connectivity index (χ3n) is 4.26. The van der Waals surface area contributed by atoms with Crippen molar-refractivity contribution in [3.63, 3.8) is 0 Å². The zero-order valence-electron chi connectivity index (χ0n) is 14.5. The van der Waals surface area contributed by atoms with E-state index in [1.165, 1.54) is 18.2 Å². The molecule has 134 valence electrons. The molecule has 2 aromatic rings. The summed E-state index contributed by atoms with van der Waals surface area (Å²) >= 11 is 0. The Morgan fingerprint density at radius 3 is 2.73 bits per heavy atom. The van der Waals surface area contributed by atoms with Gasteiger partial charge in [0.1, 0.15) is 5.69 Å². The lowest BCUT2D eigenvalue weighted by molar-refractivity contribution is -0.384. The number of esters is 1. The second-order valence-electron chi connectivity index (χ2n) is 5.88. The Hall–Kier alpha value is -3.42. The number of aryl methyl sites for hydroxylation is 1. The van der Waals surface area contributed by atoms with Gasteiger partial charge >= 0.3 is 5.97 Å². The molecule has 0 unspecified atom stereocenters. The molecule has 2 heterocycles. The normalized spacial score (nSPS) is 14.3. The van der Waals surface area contributed by atoms with E-state index in [0.29, 0.717) is 39.3 Å². The van der Waals surface area contributed by atoms with Gasteiger partial charge in [0.15, 0.2) is 0 Å². The number of aromatic nitrogens is 1. The van der Waals surface area contributed by atoms with Crippen LogP contribution in [-0.2, 0) is 9.53 Å². The van der Waals surface area contributed by atoms with Crippen LogP contribution in [0.5, 0.6) is 0 Å². The molecule has 0 spiro atoms. The molecule has 0 aliphatic carbocycles. The molecule has 8 heteroatoms. The average molecular weight is 355 g/mol. The molecule has 0 radical (unpaired) electrons.